The number of carboxylic acids is 1. The van der Waals surface area contributed by atoms with Crippen LogP contribution in [0.2, 0.25) is 0 Å². The van der Waals surface area contributed by atoms with E-state index in [2.05, 4.69) is 5.32 Å². The van der Waals surface area contributed by atoms with Crippen molar-refractivity contribution in [3.8, 4) is 0 Å². The number of carbonyl (C=O) groups is 2. The normalized spacial score (nSPS) is 16.9. The highest BCUT2D eigenvalue weighted by molar-refractivity contribution is 5.96. The minimum atomic E-state index is -0.930. The van der Waals surface area contributed by atoms with E-state index >= 15 is 0 Å². The summed E-state index contributed by atoms with van der Waals surface area (Å²) in [6, 6.07) is 4.87. The van der Waals surface area contributed by atoms with E-state index in [1.807, 2.05) is 0 Å². The second-order valence-electron chi connectivity index (χ2n) is 5.51. The summed E-state index contributed by atoms with van der Waals surface area (Å²) in [7, 11) is 0. The van der Waals surface area contributed by atoms with Crippen LogP contribution in [-0.2, 0) is 6.42 Å². The minimum absolute atomic E-state index is 0.0764. The third kappa shape index (κ3) is 2.61. The van der Waals surface area contributed by atoms with Crippen molar-refractivity contribution >= 4 is 17.7 Å². The number of nitrogens with zero attached hydrogens (tertiary/aromatic N) is 1. The summed E-state index contributed by atoms with van der Waals surface area (Å²) in [6.07, 6.45) is 4.36. The summed E-state index contributed by atoms with van der Waals surface area (Å²) >= 11 is 0. The summed E-state index contributed by atoms with van der Waals surface area (Å²) in [4.78, 5) is 24.8. The first-order valence-corrected chi connectivity index (χ1v) is 7.07. The van der Waals surface area contributed by atoms with Gasteiger partial charge < -0.3 is 10.4 Å². The first-order valence-electron chi connectivity index (χ1n) is 7.07. The SMILES string of the molecule is O=C(O)c1ccc2c(c1)CCN2C(=O)NCCC1CC1. The van der Waals surface area contributed by atoms with Gasteiger partial charge in [0, 0.05) is 18.8 Å². The maximum atomic E-state index is 12.1. The van der Waals surface area contributed by atoms with Crippen molar-refractivity contribution < 1.29 is 14.7 Å². The first-order chi connectivity index (χ1) is 9.65. The van der Waals surface area contributed by atoms with Crippen LogP contribution in [0.3, 0.4) is 0 Å². The number of nitrogens with one attached hydrogen (secondary N) is 1. The van der Waals surface area contributed by atoms with Crippen molar-refractivity contribution in [2.45, 2.75) is 25.7 Å². The number of hydrogen-bond donors (Lipinski definition) is 2. The van der Waals surface area contributed by atoms with E-state index in [-0.39, 0.29) is 11.6 Å². The third-order valence-corrected chi connectivity index (χ3v) is 3.99. The second kappa shape index (κ2) is 5.15. The van der Waals surface area contributed by atoms with Gasteiger partial charge in [-0.1, -0.05) is 12.8 Å². The quantitative estimate of drug-likeness (QED) is 0.884. The Balaban J connectivity index is 1.65. The maximum Gasteiger partial charge on any atom is 0.335 e. The molecule has 1 aliphatic carbocycles. The van der Waals surface area contributed by atoms with Crippen molar-refractivity contribution in [3.63, 3.8) is 0 Å². The van der Waals surface area contributed by atoms with Crippen molar-refractivity contribution in [2.75, 3.05) is 18.0 Å². The molecule has 106 valence electrons. The number of rotatable bonds is 4. The van der Waals surface area contributed by atoms with Crippen LogP contribution in [0.15, 0.2) is 18.2 Å². The smallest absolute Gasteiger partial charge is 0.335 e. The Morgan fingerprint density at radius 1 is 1.35 bits per heavy atom. The van der Waals surface area contributed by atoms with E-state index in [9.17, 15) is 9.59 Å². The number of hydrogen-bond acceptors (Lipinski definition) is 2. The highest BCUT2D eigenvalue weighted by Gasteiger charge is 2.26. The van der Waals surface area contributed by atoms with Crippen LogP contribution in [0.5, 0.6) is 0 Å². The van der Waals surface area contributed by atoms with Gasteiger partial charge in [-0.15, -0.1) is 0 Å². The van der Waals surface area contributed by atoms with Crippen LogP contribution < -0.4 is 10.2 Å². The molecule has 0 saturated heterocycles. The van der Waals surface area contributed by atoms with E-state index < -0.39 is 5.97 Å². The van der Waals surface area contributed by atoms with E-state index in [0.29, 0.717) is 13.0 Å². The number of fused-ring (bicyclic) bond motifs is 1. The predicted octanol–water partition coefficient (Wildman–Crippen LogP) is 2.26. The van der Waals surface area contributed by atoms with Crippen LogP contribution in [0, 0.1) is 5.92 Å². The van der Waals surface area contributed by atoms with E-state index in [0.717, 1.165) is 30.1 Å². The van der Waals surface area contributed by atoms with Crippen molar-refractivity contribution in [1.82, 2.24) is 5.32 Å². The molecule has 1 heterocycles. The Kier molecular flexibility index (Phi) is 3.34. The number of amides is 2. The van der Waals surface area contributed by atoms with Gasteiger partial charge in [-0.25, -0.2) is 9.59 Å². The van der Waals surface area contributed by atoms with Gasteiger partial charge in [-0.05, 0) is 42.5 Å². The molecule has 0 spiro atoms. The average Bonchev–Trinajstić information content (AvgIpc) is 3.15. The van der Waals surface area contributed by atoms with E-state index in [4.69, 9.17) is 5.11 Å². The van der Waals surface area contributed by atoms with Gasteiger partial charge in [0.15, 0.2) is 0 Å². The molecule has 1 aliphatic heterocycles. The molecular formula is C15H18N2O3. The van der Waals surface area contributed by atoms with Crippen LogP contribution in [-0.4, -0.2) is 30.2 Å². The second-order valence-corrected chi connectivity index (χ2v) is 5.51. The summed E-state index contributed by atoms with van der Waals surface area (Å²) in [5.74, 6) is -0.126. The molecular weight excluding hydrogens is 256 g/mol. The molecule has 5 nitrogen and oxygen atoms in total. The number of urea groups is 1. The summed E-state index contributed by atoms with van der Waals surface area (Å²) in [5, 5.41) is 11.9. The summed E-state index contributed by atoms with van der Waals surface area (Å²) in [6.45, 7) is 1.34. The fourth-order valence-electron chi connectivity index (χ4n) is 2.63. The number of aromatic carboxylic acids is 1. The Hall–Kier alpha value is -2.04. The van der Waals surface area contributed by atoms with Crippen molar-refractivity contribution in [3.05, 3.63) is 29.3 Å². The molecule has 2 aliphatic rings. The van der Waals surface area contributed by atoms with Gasteiger partial charge in [0.2, 0.25) is 0 Å². The van der Waals surface area contributed by atoms with E-state index in [1.165, 1.54) is 12.8 Å². The van der Waals surface area contributed by atoms with Gasteiger partial charge in [0.1, 0.15) is 0 Å². The molecule has 1 aromatic carbocycles. The van der Waals surface area contributed by atoms with Crippen LogP contribution in [0.25, 0.3) is 0 Å². The zero-order valence-electron chi connectivity index (χ0n) is 11.3. The zero-order chi connectivity index (χ0) is 14.1. The largest absolute Gasteiger partial charge is 0.478 e. The molecule has 2 N–H and O–H groups in total. The Labute approximate surface area is 117 Å². The van der Waals surface area contributed by atoms with Crippen molar-refractivity contribution in [2.24, 2.45) is 5.92 Å². The van der Waals surface area contributed by atoms with Gasteiger partial charge in [-0.3, -0.25) is 4.90 Å². The molecule has 1 fully saturated rings. The van der Waals surface area contributed by atoms with Gasteiger partial charge in [0.05, 0.1) is 5.56 Å². The number of benzene rings is 1. The Bertz CT molecular complexity index is 552. The molecule has 5 heteroatoms. The topological polar surface area (TPSA) is 69.6 Å². The van der Waals surface area contributed by atoms with E-state index in [1.54, 1.807) is 23.1 Å². The van der Waals surface area contributed by atoms with Crippen LogP contribution in [0.1, 0.15) is 35.2 Å². The summed E-state index contributed by atoms with van der Waals surface area (Å²) in [5.41, 5.74) is 2.04. The van der Waals surface area contributed by atoms with Crippen LogP contribution in [0.4, 0.5) is 10.5 Å². The highest BCUT2D eigenvalue weighted by atomic mass is 16.4. The monoisotopic (exact) mass is 274 g/mol. The fourth-order valence-corrected chi connectivity index (χ4v) is 2.63. The molecule has 1 aromatic rings. The molecule has 3 rings (SSSR count). The average molecular weight is 274 g/mol. The Morgan fingerprint density at radius 3 is 2.85 bits per heavy atom. The zero-order valence-corrected chi connectivity index (χ0v) is 11.3. The number of carboxylic acid groups (broad SMARTS) is 1. The highest BCUT2D eigenvalue weighted by Crippen LogP contribution is 2.32. The molecule has 1 saturated carbocycles. The lowest BCUT2D eigenvalue weighted by atomic mass is 10.1. The van der Waals surface area contributed by atoms with Gasteiger partial charge in [-0.2, -0.15) is 0 Å². The summed E-state index contributed by atoms with van der Waals surface area (Å²) < 4.78 is 0. The fraction of sp³-hybridized carbons (Fsp3) is 0.467. The van der Waals surface area contributed by atoms with Gasteiger partial charge in [0.25, 0.3) is 0 Å². The minimum Gasteiger partial charge on any atom is -0.478 e. The molecule has 20 heavy (non-hydrogen) atoms. The molecule has 0 bridgehead atoms. The lowest BCUT2D eigenvalue weighted by Crippen LogP contribution is -2.39. The number of carbonyl (C=O) groups excluding carboxylic acids is 1. The molecule has 0 aromatic heterocycles. The predicted molar refractivity (Wildman–Crippen MR) is 75.2 cm³/mol. The molecule has 0 unspecified atom stereocenters. The number of anilines is 1. The maximum absolute atomic E-state index is 12.1. The molecule has 0 atom stereocenters. The lowest BCUT2D eigenvalue weighted by Gasteiger charge is -2.18. The lowest BCUT2D eigenvalue weighted by molar-refractivity contribution is 0.0697. The molecule has 2 amide bonds. The standard InChI is InChI=1S/C15H18N2O3/c18-14(19)12-3-4-13-11(9-12)6-8-17(13)15(20)16-7-5-10-1-2-10/h3-4,9-10H,1-2,5-8H2,(H,16,20)(H,18,19). The van der Waals surface area contributed by atoms with Crippen molar-refractivity contribution in [1.29, 1.82) is 0 Å². The first kappa shape index (κ1) is 13.0. The van der Waals surface area contributed by atoms with Crippen LogP contribution >= 0.6 is 0 Å². The third-order valence-electron chi connectivity index (χ3n) is 3.99. The Morgan fingerprint density at radius 2 is 2.15 bits per heavy atom. The molecule has 0 radical (unpaired) electrons. The van der Waals surface area contributed by atoms with Gasteiger partial charge >= 0.3 is 12.0 Å².